The lowest BCUT2D eigenvalue weighted by Crippen LogP contribution is -2.39. The fourth-order valence-corrected chi connectivity index (χ4v) is 3.41. The van der Waals surface area contributed by atoms with Crippen molar-refractivity contribution in [2.75, 3.05) is 25.0 Å². The summed E-state index contributed by atoms with van der Waals surface area (Å²) in [5.41, 5.74) is 3.87. The van der Waals surface area contributed by atoms with Crippen LogP contribution < -0.4 is 5.32 Å². The molecule has 20 heavy (non-hydrogen) atoms. The highest BCUT2D eigenvalue weighted by Gasteiger charge is 2.23. The summed E-state index contributed by atoms with van der Waals surface area (Å²) < 4.78 is 1.23. The fourth-order valence-electron chi connectivity index (χ4n) is 3.18. The fraction of sp³-hybridized carbons (Fsp3) is 0.647. The topological polar surface area (TPSA) is 15.3 Å². The number of likely N-dealkylation sites (tertiary alicyclic amines) is 1. The molecule has 1 fully saturated rings. The maximum absolute atomic E-state index is 3.71. The molecule has 0 spiro atoms. The van der Waals surface area contributed by atoms with Gasteiger partial charge in [0.15, 0.2) is 0 Å². The molecule has 1 aromatic rings. The molecule has 1 aliphatic heterocycles. The molecular formula is C17H27BrN2. The van der Waals surface area contributed by atoms with E-state index < -0.39 is 0 Å². The average Bonchev–Trinajstić information content (AvgIpc) is 2.44. The zero-order valence-electron chi connectivity index (χ0n) is 13.2. The molecule has 1 N–H and O–H groups in total. The van der Waals surface area contributed by atoms with Crippen LogP contribution in [0, 0.1) is 19.8 Å². The zero-order chi connectivity index (χ0) is 14.7. The van der Waals surface area contributed by atoms with E-state index in [1.807, 2.05) is 0 Å². The van der Waals surface area contributed by atoms with Crippen molar-refractivity contribution in [3.63, 3.8) is 0 Å². The summed E-state index contributed by atoms with van der Waals surface area (Å²) >= 11 is 3.64. The van der Waals surface area contributed by atoms with E-state index in [9.17, 15) is 0 Å². The number of nitrogens with one attached hydrogen (secondary N) is 1. The highest BCUT2D eigenvalue weighted by atomic mass is 79.9. The summed E-state index contributed by atoms with van der Waals surface area (Å²) in [5.74, 6) is 0.794. The van der Waals surface area contributed by atoms with Crippen LogP contribution in [0.1, 0.15) is 37.8 Å². The standard InChI is InChI=1S/C17H27BrN2/c1-5-20-8-6-15(7-9-20)14(4)19-16-10-12(2)17(18)13(3)11-16/h10-11,14-15,19H,5-9H2,1-4H3. The molecule has 0 aromatic heterocycles. The maximum atomic E-state index is 3.71. The van der Waals surface area contributed by atoms with Crippen molar-refractivity contribution in [2.45, 2.75) is 46.6 Å². The molecule has 112 valence electrons. The number of anilines is 1. The second kappa shape index (κ2) is 6.95. The number of hydrogen-bond acceptors (Lipinski definition) is 2. The van der Waals surface area contributed by atoms with Crippen molar-refractivity contribution in [1.29, 1.82) is 0 Å². The SMILES string of the molecule is CCN1CCC(C(C)Nc2cc(C)c(Br)c(C)c2)CC1. The molecule has 2 rings (SSSR count). The highest BCUT2D eigenvalue weighted by Crippen LogP contribution is 2.27. The quantitative estimate of drug-likeness (QED) is 0.863. The predicted octanol–water partition coefficient (Wildman–Crippen LogP) is 4.60. The van der Waals surface area contributed by atoms with Crippen LogP contribution in [0.5, 0.6) is 0 Å². The first-order chi connectivity index (χ1) is 9.51. The Balaban J connectivity index is 1.96. The van der Waals surface area contributed by atoms with Crippen LogP contribution in [-0.2, 0) is 0 Å². The van der Waals surface area contributed by atoms with E-state index in [0.717, 1.165) is 5.92 Å². The van der Waals surface area contributed by atoms with Gasteiger partial charge in [0.05, 0.1) is 0 Å². The summed E-state index contributed by atoms with van der Waals surface area (Å²) in [5, 5.41) is 3.71. The second-order valence-electron chi connectivity index (χ2n) is 6.13. The number of nitrogens with zero attached hydrogens (tertiary/aromatic N) is 1. The van der Waals surface area contributed by atoms with Gasteiger partial charge < -0.3 is 10.2 Å². The maximum Gasteiger partial charge on any atom is 0.0348 e. The number of halogens is 1. The molecule has 3 heteroatoms. The molecule has 0 radical (unpaired) electrons. The van der Waals surface area contributed by atoms with E-state index in [1.165, 1.54) is 53.8 Å². The molecular weight excluding hydrogens is 312 g/mol. The highest BCUT2D eigenvalue weighted by molar-refractivity contribution is 9.10. The zero-order valence-corrected chi connectivity index (χ0v) is 14.8. The second-order valence-corrected chi connectivity index (χ2v) is 6.92. The van der Waals surface area contributed by atoms with E-state index >= 15 is 0 Å². The number of hydrogen-bond donors (Lipinski definition) is 1. The average molecular weight is 339 g/mol. The van der Waals surface area contributed by atoms with Crippen LogP contribution in [0.25, 0.3) is 0 Å². The minimum Gasteiger partial charge on any atom is -0.382 e. The van der Waals surface area contributed by atoms with Gasteiger partial charge in [-0.3, -0.25) is 0 Å². The largest absolute Gasteiger partial charge is 0.382 e. The lowest BCUT2D eigenvalue weighted by atomic mass is 9.90. The Kier molecular flexibility index (Phi) is 5.50. The van der Waals surface area contributed by atoms with Gasteiger partial charge in [-0.1, -0.05) is 22.9 Å². The first-order valence-electron chi connectivity index (χ1n) is 7.77. The first kappa shape index (κ1) is 15.8. The molecule has 1 atom stereocenters. The van der Waals surface area contributed by atoms with E-state index in [0.29, 0.717) is 6.04 Å². The van der Waals surface area contributed by atoms with Gasteiger partial charge in [0.2, 0.25) is 0 Å². The van der Waals surface area contributed by atoms with Crippen LogP contribution in [0.2, 0.25) is 0 Å². The molecule has 2 nitrogen and oxygen atoms in total. The Hall–Kier alpha value is -0.540. The molecule has 1 saturated heterocycles. The third-order valence-electron chi connectivity index (χ3n) is 4.62. The van der Waals surface area contributed by atoms with Crippen molar-refractivity contribution < 1.29 is 0 Å². The van der Waals surface area contributed by atoms with Gasteiger partial charge in [-0.2, -0.15) is 0 Å². The normalized spacial score (nSPS) is 19.1. The van der Waals surface area contributed by atoms with Crippen LogP contribution in [0.4, 0.5) is 5.69 Å². The summed E-state index contributed by atoms with van der Waals surface area (Å²) in [4.78, 5) is 2.55. The lowest BCUT2D eigenvalue weighted by molar-refractivity contribution is 0.183. The Morgan fingerprint density at radius 3 is 2.30 bits per heavy atom. The predicted molar refractivity (Wildman–Crippen MR) is 91.5 cm³/mol. The van der Waals surface area contributed by atoms with Crippen molar-refractivity contribution >= 4 is 21.6 Å². The molecule has 1 aliphatic rings. The van der Waals surface area contributed by atoms with E-state index in [2.05, 4.69) is 66.0 Å². The molecule has 1 heterocycles. The van der Waals surface area contributed by atoms with E-state index in [-0.39, 0.29) is 0 Å². The monoisotopic (exact) mass is 338 g/mol. The number of benzene rings is 1. The summed E-state index contributed by atoms with van der Waals surface area (Å²) in [6.07, 6.45) is 2.63. The van der Waals surface area contributed by atoms with E-state index in [4.69, 9.17) is 0 Å². The Morgan fingerprint density at radius 1 is 1.25 bits per heavy atom. The van der Waals surface area contributed by atoms with Gasteiger partial charge in [-0.15, -0.1) is 0 Å². The summed E-state index contributed by atoms with van der Waals surface area (Å²) in [6, 6.07) is 5.04. The smallest absolute Gasteiger partial charge is 0.0348 e. The molecule has 0 amide bonds. The minimum absolute atomic E-state index is 0.550. The molecule has 0 bridgehead atoms. The van der Waals surface area contributed by atoms with Crippen molar-refractivity contribution in [2.24, 2.45) is 5.92 Å². The molecule has 1 unspecified atom stereocenters. The molecule has 0 aliphatic carbocycles. The van der Waals surface area contributed by atoms with Crippen LogP contribution in [0.15, 0.2) is 16.6 Å². The number of aryl methyl sites for hydroxylation is 2. The third kappa shape index (κ3) is 3.76. The Morgan fingerprint density at radius 2 is 1.80 bits per heavy atom. The van der Waals surface area contributed by atoms with Crippen LogP contribution in [0.3, 0.4) is 0 Å². The van der Waals surface area contributed by atoms with Crippen molar-refractivity contribution in [3.8, 4) is 0 Å². The van der Waals surface area contributed by atoms with Gasteiger partial charge >= 0.3 is 0 Å². The third-order valence-corrected chi connectivity index (χ3v) is 5.87. The van der Waals surface area contributed by atoms with Crippen molar-refractivity contribution in [3.05, 3.63) is 27.7 Å². The van der Waals surface area contributed by atoms with Gasteiger partial charge in [0.1, 0.15) is 0 Å². The van der Waals surface area contributed by atoms with Gasteiger partial charge in [-0.05, 0) is 82.4 Å². The van der Waals surface area contributed by atoms with Gasteiger partial charge in [0, 0.05) is 16.2 Å². The number of piperidine rings is 1. The molecule has 1 aromatic carbocycles. The van der Waals surface area contributed by atoms with Crippen molar-refractivity contribution in [1.82, 2.24) is 4.90 Å². The first-order valence-corrected chi connectivity index (χ1v) is 8.56. The Labute approximate surface area is 132 Å². The van der Waals surface area contributed by atoms with Crippen LogP contribution >= 0.6 is 15.9 Å². The summed E-state index contributed by atoms with van der Waals surface area (Å²) in [7, 11) is 0. The van der Waals surface area contributed by atoms with Gasteiger partial charge in [0.25, 0.3) is 0 Å². The van der Waals surface area contributed by atoms with E-state index in [1.54, 1.807) is 0 Å². The Bertz CT molecular complexity index is 427. The molecule has 0 saturated carbocycles. The number of rotatable bonds is 4. The van der Waals surface area contributed by atoms with Crippen LogP contribution in [-0.4, -0.2) is 30.6 Å². The minimum atomic E-state index is 0.550. The van der Waals surface area contributed by atoms with Gasteiger partial charge in [-0.25, -0.2) is 0 Å². The lowest BCUT2D eigenvalue weighted by Gasteiger charge is -2.35. The summed E-state index contributed by atoms with van der Waals surface area (Å²) in [6.45, 7) is 12.6.